The fourth-order valence-electron chi connectivity index (χ4n) is 2.50. The van der Waals surface area contributed by atoms with Gasteiger partial charge in [0.25, 0.3) is 5.56 Å². The van der Waals surface area contributed by atoms with Crippen LogP contribution in [0.25, 0.3) is 11.2 Å². The van der Waals surface area contributed by atoms with Crippen LogP contribution in [0.3, 0.4) is 0 Å². The predicted molar refractivity (Wildman–Crippen MR) is 62.2 cm³/mol. The molecule has 4 N–H and O–H groups in total. The number of nitrogens with zero attached hydrogens (tertiary/aromatic N) is 3. The van der Waals surface area contributed by atoms with E-state index in [0.717, 1.165) is 0 Å². The van der Waals surface area contributed by atoms with E-state index in [-0.39, 0.29) is 36.4 Å². The largest absolute Gasteiger partial charge is 0.394 e. The highest BCUT2D eigenvalue weighted by Gasteiger charge is 2.58. The van der Waals surface area contributed by atoms with Crippen molar-refractivity contribution in [2.75, 3.05) is 12.3 Å². The van der Waals surface area contributed by atoms with Gasteiger partial charge in [-0.2, -0.15) is 4.98 Å². The van der Waals surface area contributed by atoms with Crippen LogP contribution in [0.5, 0.6) is 0 Å². The Labute approximate surface area is 106 Å². The van der Waals surface area contributed by atoms with E-state index in [9.17, 15) is 4.79 Å². The molecule has 19 heavy (non-hydrogen) atoms. The lowest BCUT2D eigenvalue weighted by Gasteiger charge is -2.17. The zero-order chi connectivity index (χ0) is 13.1. The number of aliphatic hydroxyl groups excluding tert-OH is 1. The van der Waals surface area contributed by atoms with Crippen LogP contribution in [-0.4, -0.2) is 49.5 Å². The Kier molecular flexibility index (Phi) is 2.03. The van der Waals surface area contributed by atoms with Crippen molar-refractivity contribution in [3.8, 4) is 0 Å². The summed E-state index contributed by atoms with van der Waals surface area (Å²) in [6, 6.07) is 0. The van der Waals surface area contributed by atoms with Gasteiger partial charge >= 0.3 is 0 Å². The lowest BCUT2D eigenvalue weighted by molar-refractivity contribution is -0.0823. The summed E-state index contributed by atoms with van der Waals surface area (Å²) in [6.45, 7) is -0.111. The fourth-order valence-corrected chi connectivity index (χ4v) is 2.50. The molecule has 2 aromatic heterocycles. The van der Waals surface area contributed by atoms with Crippen molar-refractivity contribution in [3.63, 3.8) is 0 Å². The first-order valence-electron chi connectivity index (χ1n) is 5.83. The van der Waals surface area contributed by atoms with Gasteiger partial charge in [0.1, 0.15) is 18.3 Å². The Balaban J connectivity index is 1.82. The molecule has 2 fully saturated rings. The van der Waals surface area contributed by atoms with Crippen LogP contribution in [0.15, 0.2) is 11.1 Å². The van der Waals surface area contributed by atoms with Crippen LogP contribution in [0.4, 0.5) is 5.95 Å². The van der Waals surface area contributed by atoms with Crippen LogP contribution < -0.4 is 11.3 Å². The first-order valence-corrected chi connectivity index (χ1v) is 5.83. The molecule has 0 radical (unpaired) electrons. The Morgan fingerprint density at radius 2 is 2.32 bits per heavy atom. The number of hydrogen-bond donors (Lipinski definition) is 3. The summed E-state index contributed by atoms with van der Waals surface area (Å²) in [5, 5.41) is 9.16. The van der Waals surface area contributed by atoms with E-state index in [2.05, 4.69) is 15.0 Å². The van der Waals surface area contributed by atoms with E-state index in [0.29, 0.717) is 5.65 Å². The second-order valence-corrected chi connectivity index (χ2v) is 4.59. The lowest BCUT2D eigenvalue weighted by Crippen LogP contribution is -2.22. The summed E-state index contributed by atoms with van der Waals surface area (Å²) in [7, 11) is 0. The monoisotopic (exact) mass is 265 g/mol. The summed E-state index contributed by atoms with van der Waals surface area (Å²) in [5.74, 6) is 0.0178. The highest BCUT2D eigenvalue weighted by atomic mass is 16.7. The third kappa shape index (κ3) is 1.43. The number of fused-ring (bicyclic) bond motifs is 2. The van der Waals surface area contributed by atoms with Crippen LogP contribution in [0, 0.1) is 0 Å². The van der Waals surface area contributed by atoms with Gasteiger partial charge in [-0.25, -0.2) is 4.98 Å². The number of ether oxygens (including phenoxy) is 2. The van der Waals surface area contributed by atoms with Gasteiger partial charge in [0.2, 0.25) is 5.95 Å². The maximum Gasteiger partial charge on any atom is 0.280 e. The number of epoxide rings is 1. The molecule has 2 aliphatic rings. The van der Waals surface area contributed by atoms with Gasteiger partial charge in [-0.15, -0.1) is 0 Å². The van der Waals surface area contributed by atoms with Gasteiger partial charge in [0.05, 0.1) is 12.9 Å². The van der Waals surface area contributed by atoms with E-state index in [4.69, 9.17) is 20.3 Å². The number of H-pyrrole nitrogens is 1. The second kappa shape index (κ2) is 3.53. The third-order valence-electron chi connectivity index (χ3n) is 3.43. The van der Waals surface area contributed by atoms with Crippen LogP contribution in [0.2, 0.25) is 0 Å². The number of aliphatic hydroxyl groups is 1. The number of hydrogen-bond acceptors (Lipinski definition) is 7. The predicted octanol–water partition coefficient (Wildman–Crippen LogP) is -1.64. The summed E-state index contributed by atoms with van der Waals surface area (Å²) < 4.78 is 12.7. The van der Waals surface area contributed by atoms with Crippen molar-refractivity contribution in [3.05, 3.63) is 16.7 Å². The van der Waals surface area contributed by atoms with Crippen molar-refractivity contribution >= 4 is 17.1 Å². The third-order valence-corrected chi connectivity index (χ3v) is 3.43. The molecule has 2 unspecified atom stereocenters. The number of rotatable bonds is 2. The number of nitrogen functional groups attached to an aromatic ring is 1. The summed E-state index contributed by atoms with van der Waals surface area (Å²) in [5.41, 5.74) is 5.68. The van der Waals surface area contributed by atoms with E-state index < -0.39 is 11.8 Å². The number of aromatic nitrogens is 4. The standard InChI is InChI=1S/C10H11N5O4/c11-10-13-7-4(8(17)14-10)12-2-15(7)9-6-5(19-6)3(1-16)18-9/h2-3,5-6,9,16H,1H2,(H3,11,13,14,17)/t3-,5?,6?,9-/m1/s1. The van der Waals surface area contributed by atoms with Crippen LogP contribution in [-0.2, 0) is 9.47 Å². The van der Waals surface area contributed by atoms with Gasteiger partial charge in [0, 0.05) is 0 Å². The minimum absolute atomic E-state index is 0.0178. The molecular weight excluding hydrogens is 254 g/mol. The van der Waals surface area contributed by atoms with E-state index in [1.165, 1.54) is 6.33 Å². The van der Waals surface area contributed by atoms with Crippen molar-refractivity contribution in [1.82, 2.24) is 19.5 Å². The molecular formula is C10H11N5O4. The van der Waals surface area contributed by atoms with Crippen molar-refractivity contribution < 1.29 is 14.6 Å². The molecule has 0 saturated carbocycles. The lowest BCUT2D eigenvalue weighted by atomic mass is 10.2. The van der Waals surface area contributed by atoms with Gasteiger partial charge in [0.15, 0.2) is 17.4 Å². The second-order valence-electron chi connectivity index (χ2n) is 4.59. The molecule has 0 amide bonds. The SMILES string of the molecule is Nc1nc2c(ncn2[C@@H]2O[C@H](CO)C3OC32)c(=O)[nH]1. The number of imidazole rings is 1. The molecule has 4 atom stereocenters. The quantitative estimate of drug-likeness (QED) is 0.555. The van der Waals surface area contributed by atoms with Gasteiger partial charge in [-0.3, -0.25) is 14.3 Å². The summed E-state index contributed by atoms with van der Waals surface area (Å²) in [6.07, 6.45) is 0.423. The molecule has 100 valence electrons. The first-order chi connectivity index (χ1) is 9.19. The molecule has 2 aromatic rings. The molecule has 0 aliphatic carbocycles. The van der Waals surface area contributed by atoms with Crippen molar-refractivity contribution in [2.24, 2.45) is 0 Å². The molecule has 4 rings (SSSR count). The molecule has 4 heterocycles. The zero-order valence-electron chi connectivity index (χ0n) is 9.68. The van der Waals surface area contributed by atoms with Gasteiger partial charge in [-0.05, 0) is 0 Å². The molecule has 2 aliphatic heterocycles. The van der Waals surface area contributed by atoms with Gasteiger partial charge < -0.3 is 20.3 Å². The highest BCUT2D eigenvalue weighted by Crippen LogP contribution is 2.45. The minimum Gasteiger partial charge on any atom is -0.394 e. The van der Waals surface area contributed by atoms with E-state index >= 15 is 0 Å². The molecule has 9 heteroatoms. The van der Waals surface area contributed by atoms with Crippen molar-refractivity contribution in [2.45, 2.75) is 24.5 Å². The average molecular weight is 265 g/mol. The normalized spacial score (nSPS) is 32.7. The molecule has 0 bridgehead atoms. The van der Waals surface area contributed by atoms with Crippen molar-refractivity contribution in [1.29, 1.82) is 0 Å². The topological polar surface area (TPSA) is 132 Å². The van der Waals surface area contributed by atoms with Crippen LogP contribution in [0.1, 0.15) is 6.23 Å². The number of anilines is 1. The molecule has 2 saturated heterocycles. The minimum atomic E-state index is -0.444. The summed E-state index contributed by atoms with van der Waals surface area (Å²) in [4.78, 5) is 22.1. The Morgan fingerprint density at radius 1 is 1.47 bits per heavy atom. The number of aromatic amines is 1. The van der Waals surface area contributed by atoms with Crippen LogP contribution >= 0.6 is 0 Å². The zero-order valence-corrected chi connectivity index (χ0v) is 9.68. The molecule has 9 nitrogen and oxygen atoms in total. The maximum atomic E-state index is 11.7. The highest BCUT2D eigenvalue weighted by molar-refractivity contribution is 5.70. The summed E-state index contributed by atoms with van der Waals surface area (Å²) >= 11 is 0. The van der Waals surface area contributed by atoms with Gasteiger partial charge in [-0.1, -0.05) is 0 Å². The molecule has 0 spiro atoms. The van der Waals surface area contributed by atoms with E-state index in [1.54, 1.807) is 4.57 Å². The number of nitrogens with one attached hydrogen (secondary N) is 1. The fraction of sp³-hybridized carbons (Fsp3) is 0.500. The Hall–Kier alpha value is -1.97. The maximum absolute atomic E-state index is 11.7. The van der Waals surface area contributed by atoms with E-state index in [1.807, 2.05) is 0 Å². The smallest absolute Gasteiger partial charge is 0.280 e. The molecule has 0 aromatic carbocycles. The Bertz CT molecular complexity index is 709. The Morgan fingerprint density at radius 3 is 3.05 bits per heavy atom. The first kappa shape index (κ1) is 10.9. The average Bonchev–Trinajstić information content (AvgIpc) is 2.91. The number of nitrogens with two attached hydrogens (primary N) is 1.